The Bertz CT molecular complexity index is 2860. The van der Waals surface area contributed by atoms with Gasteiger partial charge in [0.1, 0.15) is 0 Å². The average Bonchev–Trinajstić information content (AvgIpc) is 3.67. The molecule has 0 unspecified atom stereocenters. The molecule has 0 aliphatic rings. The van der Waals surface area contributed by atoms with E-state index >= 15 is 0 Å². The van der Waals surface area contributed by atoms with Crippen molar-refractivity contribution in [3.63, 3.8) is 0 Å². The number of hydrogen-bond acceptors (Lipinski definition) is 4. The van der Waals surface area contributed by atoms with Crippen molar-refractivity contribution in [3.8, 4) is 45.3 Å². The van der Waals surface area contributed by atoms with Crippen LogP contribution in [0, 0.1) is 0 Å². The van der Waals surface area contributed by atoms with Gasteiger partial charge in [-0.05, 0) is 50.1 Å². The molecule has 2 heterocycles. The molecular formula is C51H35N3SSi. The van der Waals surface area contributed by atoms with E-state index in [1.54, 1.807) is 0 Å². The van der Waals surface area contributed by atoms with E-state index in [1.807, 2.05) is 29.5 Å². The van der Waals surface area contributed by atoms with Crippen molar-refractivity contribution in [1.82, 2.24) is 15.0 Å². The molecule has 0 spiro atoms. The van der Waals surface area contributed by atoms with Gasteiger partial charge in [-0.25, -0.2) is 15.0 Å². The van der Waals surface area contributed by atoms with Gasteiger partial charge in [-0.15, -0.1) is 11.3 Å². The normalized spacial score (nSPS) is 11.6. The Morgan fingerprint density at radius 1 is 0.321 bits per heavy atom. The standard InChI is InChI=1S/C51H35N3SSi/c1-6-19-36(20-7-1)39-34-45(48-44-31-16-17-32-46(44)55-47(48)35-39)51-53-49(37-21-8-2-9-22-37)52-50(54-51)38-23-18-30-43(33-38)56(40-24-10-3-11-25-40,41-26-12-4-13-27-41)42-28-14-5-15-29-42/h1-35H. The van der Waals surface area contributed by atoms with Crippen molar-refractivity contribution in [2.24, 2.45) is 0 Å². The Labute approximate surface area is 331 Å². The van der Waals surface area contributed by atoms with Crippen LogP contribution in [0.4, 0.5) is 0 Å². The highest BCUT2D eigenvalue weighted by Gasteiger charge is 2.41. The van der Waals surface area contributed by atoms with E-state index < -0.39 is 8.07 Å². The third-order valence-corrected chi connectivity index (χ3v) is 16.6. The minimum atomic E-state index is -2.79. The van der Waals surface area contributed by atoms with Crippen LogP contribution in [0.5, 0.6) is 0 Å². The lowest BCUT2D eigenvalue weighted by atomic mass is 9.98. The molecule has 0 aliphatic carbocycles. The Morgan fingerprint density at radius 3 is 1.39 bits per heavy atom. The fraction of sp³-hybridized carbons (Fsp3) is 0. The van der Waals surface area contributed by atoms with Gasteiger partial charge in [0, 0.05) is 36.9 Å². The van der Waals surface area contributed by atoms with Crippen LogP contribution in [-0.4, -0.2) is 23.0 Å². The van der Waals surface area contributed by atoms with Crippen LogP contribution in [0.1, 0.15) is 0 Å². The van der Waals surface area contributed by atoms with Crippen molar-refractivity contribution >= 4 is 60.3 Å². The summed E-state index contributed by atoms with van der Waals surface area (Å²) in [5.41, 5.74) is 5.18. The summed E-state index contributed by atoms with van der Waals surface area (Å²) in [4.78, 5) is 15.9. The van der Waals surface area contributed by atoms with E-state index in [0.29, 0.717) is 17.5 Å². The summed E-state index contributed by atoms with van der Waals surface area (Å²) in [7, 11) is -2.79. The highest BCUT2D eigenvalue weighted by Crippen LogP contribution is 2.42. The van der Waals surface area contributed by atoms with Crippen molar-refractivity contribution in [2.45, 2.75) is 0 Å². The van der Waals surface area contributed by atoms with E-state index in [-0.39, 0.29) is 0 Å². The maximum atomic E-state index is 5.41. The van der Waals surface area contributed by atoms with Crippen LogP contribution in [0.15, 0.2) is 212 Å². The largest absolute Gasteiger partial charge is 0.208 e. The molecule has 5 heteroatoms. The second-order valence-electron chi connectivity index (χ2n) is 14.0. The number of fused-ring (bicyclic) bond motifs is 3. The highest BCUT2D eigenvalue weighted by molar-refractivity contribution is 7.26. The molecule has 3 nitrogen and oxygen atoms in total. The second-order valence-corrected chi connectivity index (χ2v) is 18.9. The van der Waals surface area contributed by atoms with Crippen molar-refractivity contribution in [3.05, 3.63) is 212 Å². The lowest BCUT2D eigenvalue weighted by molar-refractivity contribution is 1.08. The summed E-state index contributed by atoms with van der Waals surface area (Å²) in [5.74, 6) is 1.94. The lowest BCUT2D eigenvalue weighted by Gasteiger charge is -2.34. The molecule has 0 saturated heterocycles. The quantitative estimate of drug-likeness (QED) is 0.115. The molecule has 8 aromatic carbocycles. The number of benzene rings is 8. The van der Waals surface area contributed by atoms with Crippen molar-refractivity contribution in [1.29, 1.82) is 0 Å². The minimum absolute atomic E-state index is 0.644. The summed E-state index contributed by atoms with van der Waals surface area (Å²) in [6.45, 7) is 0. The Kier molecular flexibility index (Phi) is 8.71. The number of aromatic nitrogens is 3. The van der Waals surface area contributed by atoms with Gasteiger partial charge >= 0.3 is 0 Å². The van der Waals surface area contributed by atoms with Crippen LogP contribution < -0.4 is 20.7 Å². The fourth-order valence-corrected chi connectivity index (χ4v) is 14.1. The Balaban J connectivity index is 1.24. The van der Waals surface area contributed by atoms with Crippen LogP contribution in [0.25, 0.3) is 65.5 Å². The summed E-state index contributed by atoms with van der Waals surface area (Å²) >= 11 is 1.81. The van der Waals surface area contributed by atoms with Gasteiger partial charge in [0.15, 0.2) is 25.5 Å². The Hall–Kier alpha value is -6.79. The van der Waals surface area contributed by atoms with Gasteiger partial charge in [-0.1, -0.05) is 194 Å². The smallest absolute Gasteiger partial charge is 0.179 e. The van der Waals surface area contributed by atoms with Gasteiger partial charge < -0.3 is 0 Å². The van der Waals surface area contributed by atoms with Crippen molar-refractivity contribution in [2.75, 3.05) is 0 Å². The Morgan fingerprint density at radius 2 is 0.786 bits per heavy atom. The zero-order valence-electron chi connectivity index (χ0n) is 30.5. The molecule has 10 rings (SSSR count). The molecule has 0 saturated carbocycles. The first kappa shape index (κ1) is 33.8. The summed E-state index contributed by atoms with van der Waals surface area (Å²) in [6, 6.07) is 76.1. The number of rotatable bonds is 8. The zero-order chi connectivity index (χ0) is 37.3. The monoisotopic (exact) mass is 749 g/mol. The number of hydrogen-bond donors (Lipinski definition) is 0. The first-order valence-electron chi connectivity index (χ1n) is 18.9. The summed E-state index contributed by atoms with van der Waals surface area (Å²) < 4.78 is 2.44. The van der Waals surface area contributed by atoms with Crippen molar-refractivity contribution < 1.29 is 0 Å². The highest BCUT2D eigenvalue weighted by atomic mass is 32.1. The van der Waals surface area contributed by atoms with Crippen LogP contribution in [0.2, 0.25) is 0 Å². The average molecular weight is 750 g/mol. The third kappa shape index (κ3) is 5.94. The van der Waals surface area contributed by atoms with E-state index in [1.165, 1.54) is 40.9 Å². The fourth-order valence-electron chi connectivity index (χ4n) is 8.13. The first-order chi connectivity index (χ1) is 27.8. The number of nitrogens with zero attached hydrogens (tertiary/aromatic N) is 3. The van der Waals surface area contributed by atoms with Crippen LogP contribution in [0.3, 0.4) is 0 Å². The molecular weight excluding hydrogens is 715 g/mol. The molecule has 0 bridgehead atoms. The SMILES string of the molecule is c1ccc(-c2cc(-c3nc(-c4ccccc4)nc(-c4cccc([Si](c5ccccc5)(c5ccccc5)c5ccccc5)c4)n3)c3c(c2)sc2ccccc23)cc1. The maximum Gasteiger partial charge on any atom is 0.179 e. The second kappa shape index (κ2) is 14.5. The first-order valence-corrected chi connectivity index (χ1v) is 21.7. The van der Waals surface area contributed by atoms with Crippen LogP contribution in [-0.2, 0) is 0 Å². The molecule has 0 amide bonds. The van der Waals surface area contributed by atoms with E-state index in [0.717, 1.165) is 27.8 Å². The van der Waals surface area contributed by atoms with Gasteiger partial charge in [0.25, 0.3) is 0 Å². The molecule has 2 aromatic heterocycles. The predicted molar refractivity (Wildman–Crippen MR) is 238 cm³/mol. The molecule has 10 aromatic rings. The summed E-state index contributed by atoms with van der Waals surface area (Å²) in [6.07, 6.45) is 0. The minimum Gasteiger partial charge on any atom is -0.208 e. The summed E-state index contributed by atoms with van der Waals surface area (Å²) in [5, 5.41) is 7.59. The van der Waals surface area contributed by atoms with Gasteiger partial charge in [0.05, 0.1) is 0 Å². The van der Waals surface area contributed by atoms with Gasteiger partial charge in [-0.2, -0.15) is 0 Å². The topological polar surface area (TPSA) is 38.7 Å². The van der Waals surface area contributed by atoms with E-state index in [9.17, 15) is 0 Å². The molecule has 0 aliphatic heterocycles. The van der Waals surface area contributed by atoms with Crippen LogP contribution >= 0.6 is 11.3 Å². The van der Waals surface area contributed by atoms with Gasteiger partial charge in [0.2, 0.25) is 0 Å². The molecule has 56 heavy (non-hydrogen) atoms. The van der Waals surface area contributed by atoms with Gasteiger partial charge in [-0.3, -0.25) is 0 Å². The number of thiophene rings is 1. The van der Waals surface area contributed by atoms with E-state index in [4.69, 9.17) is 15.0 Å². The molecule has 0 fully saturated rings. The maximum absolute atomic E-state index is 5.41. The zero-order valence-corrected chi connectivity index (χ0v) is 32.3. The molecule has 0 N–H and O–H groups in total. The molecule has 0 atom stereocenters. The lowest BCUT2D eigenvalue weighted by Crippen LogP contribution is -2.74. The van der Waals surface area contributed by atoms with E-state index in [2.05, 4.69) is 194 Å². The predicted octanol–water partition coefficient (Wildman–Crippen LogP) is 10.3. The molecule has 0 radical (unpaired) electrons. The third-order valence-electron chi connectivity index (χ3n) is 10.7. The molecule has 264 valence electrons.